The number of rotatable bonds is 5. The maximum absolute atomic E-state index is 12.7. The van der Waals surface area contributed by atoms with Gasteiger partial charge in [-0.25, -0.2) is 4.98 Å². The molecule has 1 aliphatic rings. The molecule has 0 N–H and O–H groups in total. The molecule has 3 aromatic rings. The Balaban J connectivity index is 1.54. The van der Waals surface area contributed by atoms with Crippen LogP contribution in [-0.2, 0) is 17.9 Å². The summed E-state index contributed by atoms with van der Waals surface area (Å²) in [5.41, 5.74) is 1.95. The molecule has 112 valence electrons. The van der Waals surface area contributed by atoms with Crippen molar-refractivity contribution in [3.63, 3.8) is 0 Å². The number of carbonyl (C=O) groups is 1. The SMILES string of the molecule is O=C(Cn1cnc2ccccc21)N(Cc1cccs1)C1CC1. The fourth-order valence-corrected chi connectivity index (χ4v) is 3.45. The van der Waals surface area contributed by atoms with Gasteiger partial charge >= 0.3 is 0 Å². The largest absolute Gasteiger partial charge is 0.333 e. The van der Waals surface area contributed by atoms with Crippen molar-refractivity contribution in [3.8, 4) is 0 Å². The molecule has 1 saturated carbocycles. The highest BCUT2D eigenvalue weighted by Crippen LogP contribution is 2.29. The van der Waals surface area contributed by atoms with E-state index in [0.29, 0.717) is 12.6 Å². The molecule has 22 heavy (non-hydrogen) atoms. The lowest BCUT2D eigenvalue weighted by Crippen LogP contribution is -2.34. The first-order valence-electron chi connectivity index (χ1n) is 7.53. The lowest BCUT2D eigenvalue weighted by molar-refractivity contribution is -0.132. The van der Waals surface area contributed by atoms with Crippen molar-refractivity contribution >= 4 is 28.3 Å². The number of carbonyl (C=O) groups excluding carboxylic acids is 1. The fraction of sp³-hybridized carbons (Fsp3) is 0.294. The van der Waals surface area contributed by atoms with Gasteiger partial charge in [0, 0.05) is 10.9 Å². The van der Waals surface area contributed by atoms with Gasteiger partial charge in [-0.3, -0.25) is 4.79 Å². The number of hydrogen-bond donors (Lipinski definition) is 0. The summed E-state index contributed by atoms with van der Waals surface area (Å²) >= 11 is 1.71. The molecule has 0 atom stereocenters. The summed E-state index contributed by atoms with van der Waals surface area (Å²) < 4.78 is 1.95. The van der Waals surface area contributed by atoms with E-state index in [2.05, 4.69) is 16.4 Å². The van der Waals surface area contributed by atoms with Gasteiger partial charge in [0.15, 0.2) is 0 Å². The molecule has 1 aliphatic carbocycles. The zero-order valence-corrected chi connectivity index (χ0v) is 13.0. The van der Waals surface area contributed by atoms with E-state index < -0.39 is 0 Å². The first kappa shape index (κ1) is 13.5. The molecule has 4 rings (SSSR count). The minimum absolute atomic E-state index is 0.180. The molecule has 0 unspecified atom stereocenters. The van der Waals surface area contributed by atoms with Gasteiger partial charge in [-0.2, -0.15) is 0 Å². The molecule has 0 saturated heterocycles. The van der Waals surface area contributed by atoms with Gasteiger partial charge in [-0.05, 0) is 36.4 Å². The van der Waals surface area contributed by atoms with E-state index in [0.717, 1.165) is 30.4 Å². The molecule has 2 heterocycles. The van der Waals surface area contributed by atoms with E-state index in [1.165, 1.54) is 4.88 Å². The number of amides is 1. The van der Waals surface area contributed by atoms with Gasteiger partial charge in [0.2, 0.25) is 5.91 Å². The fourth-order valence-electron chi connectivity index (χ4n) is 2.75. The Morgan fingerprint density at radius 2 is 2.14 bits per heavy atom. The molecular formula is C17H17N3OS. The number of thiophene rings is 1. The molecule has 5 heteroatoms. The quantitative estimate of drug-likeness (QED) is 0.725. The maximum atomic E-state index is 12.7. The van der Waals surface area contributed by atoms with Crippen LogP contribution in [0.5, 0.6) is 0 Å². The van der Waals surface area contributed by atoms with Gasteiger partial charge in [0.25, 0.3) is 0 Å². The van der Waals surface area contributed by atoms with Crippen LogP contribution in [0.4, 0.5) is 0 Å². The number of hydrogen-bond acceptors (Lipinski definition) is 3. The smallest absolute Gasteiger partial charge is 0.243 e. The second kappa shape index (κ2) is 5.57. The number of nitrogens with zero attached hydrogens (tertiary/aromatic N) is 3. The van der Waals surface area contributed by atoms with Crippen LogP contribution in [-0.4, -0.2) is 26.4 Å². The first-order chi connectivity index (χ1) is 10.8. The van der Waals surface area contributed by atoms with Crippen molar-refractivity contribution in [2.45, 2.75) is 32.0 Å². The zero-order chi connectivity index (χ0) is 14.9. The lowest BCUT2D eigenvalue weighted by Gasteiger charge is -2.22. The summed E-state index contributed by atoms with van der Waals surface area (Å²) in [5.74, 6) is 0.180. The van der Waals surface area contributed by atoms with Crippen LogP contribution in [0.2, 0.25) is 0 Å². The molecule has 1 aromatic carbocycles. The summed E-state index contributed by atoms with van der Waals surface area (Å²) in [6.45, 7) is 1.09. The van der Waals surface area contributed by atoms with Gasteiger partial charge in [-0.1, -0.05) is 18.2 Å². The highest BCUT2D eigenvalue weighted by Gasteiger charge is 2.32. The molecular weight excluding hydrogens is 294 g/mol. The normalized spacial score (nSPS) is 14.4. The van der Waals surface area contributed by atoms with Crippen molar-refractivity contribution in [1.82, 2.24) is 14.5 Å². The minimum atomic E-state index is 0.180. The first-order valence-corrected chi connectivity index (χ1v) is 8.41. The Morgan fingerprint density at radius 3 is 2.91 bits per heavy atom. The van der Waals surface area contributed by atoms with Gasteiger partial charge in [0.1, 0.15) is 6.54 Å². The summed E-state index contributed by atoms with van der Waals surface area (Å²) in [6.07, 6.45) is 4.02. The number of fused-ring (bicyclic) bond motifs is 1. The zero-order valence-electron chi connectivity index (χ0n) is 12.2. The summed E-state index contributed by atoms with van der Waals surface area (Å²) in [4.78, 5) is 20.4. The van der Waals surface area contributed by atoms with Crippen LogP contribution in [0.1, 0.15) is 17.7 Å². The molecule has 1 amide bonds. The Morgan fingerprint density at radius 1 is 1.27 bits per heavy atom. The van der Waals surface area contributed by atoms with Crippen molar-refractivity contribution in [3.05, 3.63) is 53.0 Å². The number of aromatic nitrogens is 2. The van der Waals surface area contributed by atoms with Gasteiger partial charge < -0.3 is 9.47 Å². The second-order valence-electron chi connectivity index (χ2n) is 5.69. The monoisotopic (exact) mass is 311 g/mol. The van der Waals surface area contributed by atoms with Crippen molar-refractivity contribution in [1.29, 1.82) is 0 Å². The second-order valence-corrected chi connectivity index (χ2v) is 6.73. The van der Waals surface area contributed by atoms with Crippen LogP contribution >= 0.6 is 11.3 Å². The molecule has 0 spiro atoms. The number of para-hydroxylation sites is 2. The van der Waals surface area contributed by atoms with Crippen molar-refractivity contribution in [2.24, 2.45) is 0 Å². The van der Waals surface area contributed by atoms with E-state index in [4.69, 9.17) is 0 Å². The van der Waals surface area contributed by atoms with Crippen molar-refractivity contribution in [2.75, 3.05) is 0 Å². The van der Waals surface area contributed by atoms with Crippen LogP contribution in [0, 0.1) is 0 Å². The molecule has 1 fully saturated rings. The number of benzene rings is 1. The maximum Gasteiger partial charge on any atom is 0.243 e. The molecule has 0 bridgehead atoms. The summed E-state index contributed by atoms with van der Waals surface area (Å²) in [7, 11) is 0. The third kappa shape index (κ3) is 2.64. The molecule has 0 aliphatic heterocycles. The Bertz CT molecular complexity index is 789. The Kier molecular flexibility index (Phi) is 3.42. The standard InChI is InChI=1S/C17H17N3OS/c21-17(11-19-12-18-15-5-1-2-6-16(15)19)20(13-7-8-13)10-14-4-3-9-22-14/h1-6,9,12-13H,7-8,10-11H2. The molecule has 0 radical (unpaired) electrons. The Hall–Kier alpha value is -2.14. The van der Waals surface area contributed by atoms with Crippen LogP contribution < -0.4 is 0 Å². The third-order valence-electron chi connectivity index (χ3n) is 4.05. The summed E-state index contributed by atoms with van der Waals surface area (Å²) in [6, 6.07) is 12.5. The molecule has 2 aromatic heterocycles. The van der Waals surface area contributed by atoms with Crippen molar-refractivity contribution < 1.29 is 4.79 Å². The topological polar surface area (TPSA) is 38.1 Å². The van der Waals surface area contributed by atoms with Gasteiger partial charge in [-0.15, -0.1) is 11.3 Å². The average molecular weight is 311 g/mol. The highest BCUT2D eigenvalue weighted by atomic mass is 32.1. The summed E-state index contributed by atoms with van der Waals surface area (Å²) in [5, 5.41) is 2.06. The highest BCUT2D eigenvalue weighted by molar-refractivity contribution is 7.09. The third-order valence-corrected chi connectivity index (χ3v) is 4.91. The lowest BCUT2D eigenvalue weighted by atomic mass is 10.3. The van der Waals surface area contributed by atoms with E-state index in [1.54, 1.807) is 17.7 Å². The van der Waals surface area contributed by atoms with E-state index >= 15 is 0 Å². The minimum Gasteiger partial charge on any atom is -0.333 e. The van der Waals surface area contributed by atoms with E-state index in [1.807, 2.05) is 39.8 Å². The molecule has 4 nitrogen and oxygen atoms in total. The average Bonchev–Trinajstić information content (AvgIpc) is 3.09. The van der Waals surface area contributed by atoms with Gasteiger partial charge in [0.05, 0.1) is 23.9 Å². The van der Waals surface area contributed by atoms with Crippen LogP contribution in [0.25, 0.3) is 11.0 Å². The van der Waals surface area contributed by atoms with Crippen LogP contribution in [0.15, 0.2) is 48.1 Å². The predicted octanol–water partition coefficient (Wildman–Crippen LogP) is 3.29. The Labute approximate surface area is 133 Å². The van der Waals surface area contributed by atoms with Crippen LogP contribution in [0.3, 0.4) is 0 Å². The van der Waals surface area contributed by atoms with E-state index in [9.17, 15) is 4.79 Å². The van der Waals surface area contributed by atoms with E-state index in [-0.39, 0.29) is 5.91 Å². The number of imidazole rings is 1. The predicted molar refractivity (Wildman–Crippen MR) is 87.6 cm³/mol.